The van der Waals surface area contributed by atoms with Crippen LogP contribution in [0.3, 0.4) is 0 Å². The molecule has 1 aromatic heterocycles. The third-order valence-electron chi connectivity index (χ3n) is 1.73. The third-order valence-corrected chi connectivity index (χ3v) is 2.85. The summed E-state index contributed by atoms with van der Waals surface area (Å²) in [5.74, 6) is 0. The highest BCUT2D eigenvalue weighted by Crippen LogP contribution is 2.10. The van der Waals surface area contributed by atoms with E-state index in [-0.39, 0.29) is 0 Å². The van der Waals surface area contributed by atoms with E-state index >= 15 is 0 Å². The van der Waals surface area contributed by atoms with Crippen molar-refractivity contribution >= 4 is 19.4 Å². The van der Waals surface area contributed by atoms with Crippen LogP contribution < -0.4 is 0 Å². The molecule has 0 aliphatic heterocycles. The van der Waals surface area contributed by atoms with Crippen molar-refractivity contribution in [2.45, 2.75) is 0 Å². The van der Waals surface area contributed by atoms with Gasteiger partial charge in [-0.05, 0) is 22.1 Å². The van der Waals surface area contributed by atoms with Crippen LogP contribution in [0.15, 0.2) is 41.7 Å². The van der Waals surface area contributed by atoms with Gasteiger partial charge in [-0.15, -0.1) is 0 Å². The number of hydrogen-bond donors (Lipinski definition) is 1. The number of fused-ring (bicyclic) bond motifs is 1. The molecule has 54 valence electrons. The molecule has 0 unspecified atom stereocenters. The summed E-state index contributed by atoms with van der Waals surface area (Å²) in [6.07, 6.45) is 0. The smallest absolute Gasteiger partial charge is 0.259 e. The Bertz CT molecular complexity index is 384. The van der Waals surface area contributed by atoms with Gasteiger partial charge in [0.05, 0.1) is 0 Å². The van der Waals surface area contributed by atoms with Crippen molar-refractivity contribution in [3.63, 3.8) is 0 Å². The molecular formula is C9H8OSi. The number of rotatable bonds is 0. The lowest BCUT2D eigenvalue weighted by atomic mass is 10.2. The molecule has 11 heavy (non-hydrogen) atoms. The average molecular weight is 160 g/mol. The number of hydrogen-bond acceptors (Lipinski definition) is 1. The minimum absolute atomic E-state index is 1.16. The molecular weight excluding hydrogens is 152 g/mol. The average Bonchev–Trinajstić information content (AvgIpc) is 2.04. The van der Waals surface area contributed by atoms with Crippen LogP contribution in [0.1, 0.15) is 0 Å². The Morgan fingerprint density at radius 1 is 1.00 bits per heavy atom. The molecule has 1 heterocycles. The van der Waals surface area contributed by atoms with Crippen LogP contribution in [-0.2, 0) is 0 Å². The van der Waals surface area contributed by atoms with Gasteiger partial charge >= 0.3 is 0 Å². The molecule has 0 bridgehead atoms. The topological polar surface area (TPSA) is 20.2 Å². The summed E-state index contributed by atoms with van der Waals surface area (Å²) in [5.41, 5.74) is 3.83. The SMILES string of the molecule is O[si]1ccc2ccccc2c1. The summed E-state index contributed by atoms with van der Waals surface area (Å²) in [6.45, 7) is 0. The van der Waals surface area contributed by atoms with Crippen molar-refractivity contribution in [2.24, 2.45) is 0 Å². The van der Waals surface area contributed by atoms with Crippen LogP contribution >= 0.6 is 0 Å². The summed E-state index contributed by atoms with van der Waals surface area (Å²) in [5, 5.41) is 2.36. The molecule has 0 spiro atoms. The van der Waals surface area contributed by atoms with Gasteiger partial charge in [0.1, 0.15) is 0 Å². The Kier molecular flexibility index (Phi) is 1.47. The fourth-order valence-electron chi connectivity index (χ4n) is 1.18. The second-order valence-corrected chi connectivity index (χ2v) is 4.00. The van der Waals surface area contributed by atoms with Crippen molar-refractivity contribution in [1.82, 2.24) is 0 Å². The van der Waals surface area contributed by atoms with E-state index in [9.17, 15) is 4.80 Å². The van der Waals surface area contributed by atoms with E-state index in [4.69, 9.17) is 0 Å². The fourth-order valence-corrected chi connectivity index (χ4v) is 2.20. The van der Waals surface area contributed by atoms with Crippen molar-refractivity contribution in [1.29, 1.82) is 0 Å². The molecule has 0 aliphatic carbocycles. The zero-order valence-corrected chi connectivity index (χ0v) is 6.99. The zero-order chi connectivity index (χ0) is 7.68. The Labute approximate surface area is 66.6 Å². The van der Waals surface area contributed by atoms with Crippen LogP contribution in [-0.4, -0.2) is 13.4 Å². The molecule has 2 rings (SSSR count). The molecule has 1 nitrogen and oxygen atoms in total. The Balaban J connectivity index is 2.83. The molecule has 0 amide bonds. The molecule has 1 N–H and O–H groups in total. The van der Waals surface area contributed by atoms with Crippen molar-refractivity contribution < 1.29 is 4.80 Å². The van der Waals surface area contributed by atoms with E-state index in [1.54, 1.807) is 0 Å². The van der Waals surface area contributed by atoms with Crippen LogP contribution in [0, 0.1) is 0 Å². The molecule has 0 saturated heterocycles. The highest BCUT2D eigenvalue weighted by molar-refractivity contribution is 6.44. The lowest BCUT2D eigenvalue weighted by Gasteiger charge is -1.95. The molecule has 2 heteroatoms. The first kappa shape index (κ1) is 6.55. The molecule has 0 fully saturated rings. The first-order valence-electron chi connectivity index (χ1n) is 3.54. The summed E-state index contributed by atoms with van der Waals surface area (Å²) >= 11 is 0. The van der Waals surface area contributed by atoms with Gasteiger partial charge in [0, 0.05) is 0 Å². The van der Waals surface area contributed by atoms with E-state index in [0.717, 1.165) is 5.39 Å². The van der Waals surface area contributed by atoms with E-state index in [2.05, 4.69) is 6.07 Å². The number of benzene rings is 1. The van der Waals surface area contributed by atoms with Crippen LogP contribution in [0.25, 0.3) is 10.8 Å². The van der Waals surface area contributed by atoms with E-state index in [1.807, 2.05) is 35.6 Å². The minimum atomic E-state index is -1.31. The second-order valence-electron chi connectivity index (χ2n) is 2.53. The Hall–Kier alpha value is -1.15. The molecule has 0 aliphatic rings. The Morgan fingerprint density at radius 3 is 2.55 bits per heavy atom. The first-order chi connectivity index (χ1) is 5.36. The summed E-state index contributed by atoms with van der Waals surface area (Å²) < 4.78 is 0. The maximum Gasteiger partial charge on any atom is 0.259 e. The monoisotopic (exact) mass is 160 g/mol. The first-order valence-corrected chi connectivity index (χ1v) is 5.14. The fraction of sp³-hybridized carbons (Fsp3) is 0. The highest BCUT2D eigenvalue weighted by Gasteiger charge is 1.92. The van der Waals surface area contributed by atoms with E-state index in [1.165, 1.54) is 5.39 Å². The molecule has 0 atom stereocenters. The zero-order valence-electron chi connectivity index (χ0n) is 5.99. The largest absolute Gasteiger partial charge is 0.563 e. The van der Waals surface area contributed by atoms with Crippen molar-refractivity contribution in [3.8, 4) is 0 Å². The lowest BCUT2D eigenvalue weighted by Crippen LogP contribution is -1.90. The standard InChI is InChI=1S/C9H8OSi/c10-11-6-5-8-3-1-2-4-9(8)7-11/h1-7,10H. The quantitative estimate of drug-likeness (QED) is 0.581. The van der Waals surface area contributed by atoms with Crippen molar-refractivity contribution in [3.05, 3.63) is 41.7 Å². The normalized spacial score (nSPS) is 10.2. The predicted molar refractivity (Wildman–Crippen MR) is 47.5 cm³/mol. The Morgan fingerprint density at radius 2 is 1.73 bits per heavy atom. The van der Waals surface area contributed by atoms with Crippen molar-refractivity contribution in [2.75, 3.05) is 0 Å². The van der Waals surface area contributed by atoms with Gasteiger partial charge < -0.3 is 4.80 Å². The maximum atomic E-state index is 9.32. The van der Waals surface area contributed by atoms with Gasteiger partial charge in [-0.25, -0.2) is 0 Å². The summed E-state index contributed by atoms with van der Waals surface area (Å²) in [4.78, 5) is 9.32. The van der Waals surface area contributed by atoms with Crippen LogP contribution in [0.5, 0.6) is 0 Å². The summed E-state index contributed by atoms with van der Waals surface area (Å²) in [6, 6.07) is 10.1. The third kappa shape index (κ3) is 1.17. The lowest BCUT2D eigenvalue weighted by molar-refractivity contribution is 0.607. The highest BCUT2D eigenvalue weighted by atomic mass is 28.2. The van der Waals surface area contributed by atoms with Gasteiger partial charge in [-0.1, -0.05) is 30.3 Å². The van der Waals surface area contributed by atoms with Gasteiger partial charge in [-0.3, -0.25) is 0 Å². The van der Waals surface area contributed by atoms with E-state index in [0.29, 0.717) is 0 Å². The van der Waals surface area contributed by atoms with Gasteiger partial charge in [0.25, 0.3) is 8.64 Å². The molecule has 0 saturated carbocycles. The molecule has 2 aromatic rings. The predicted octanol–water partition coefficient (Wildman–Crippen LogP) is 1.62. The summed E-state index contributed by atoms with van der Waals surface area (Å²) in [7, 11) is -1.31. The minimum Gasteiger partial charge on any atom is -0.563 e. The van der Waals surface area contributed by atoms with E-state index < -0.39 is 8.64 Å². The maximum absolute atomic E-state index is 9.32. The van der Waals surface area contributed by atoms with Crippen LogP contribution in [0.4, 0.5) is 0 Å². The van der Waals surface area contributed by atoms with Gasteiger partial charge in [0.2, 0.25) is 0 Å². The van der Waals surface area contributed by atoms with Crippen LogP contribution in [0.2, 0.25) is 0 Å². The second kappa shape index (κ2) is 2.47. The molecule has 0 radical (unpaired) electrons. The molecule has 1 aromatic carbocycles. The van der Waals surface area contributed by atoms with Gasteiger partial charge in [0.15, 0.2) is 0 Å². The van der Waals surface area contributed by atoms with Gasteiger partial charge in [-0.2, -0.15) is 0 Å².